The molecule has 1 aliphatic heterocycles. The molecule has 1 unspecified atom stereocenters. The van der Waals surface area contributed by atoms with Crippen LogP contribution in [-0.4, -0.2) is 11.9 Å². The molecule has 3 nitrogen and oxygen atoms in total. The molecule has 0 aromatic heterocycles. The summed E-state index contributed by atoms with van der Waals surface area (Å²) in [7, 11) is 0. The van der Waals surface area contributed by atoms with Gasteiger partial charge in [-0.1, -0.05) is 17.7 Å². The second kappa shape index (κ2) is 3.62. The lowest BCUT2D eigenvalue weighted by molar-refractivity contribution is -0.152. The molecule has 0 amide bonds. The zero-order valence-corrected chi connectivity index (χ0v) is 8.25. The van der Waals surface area contributed by atoms with Crippen LogP contribution in [-0.2, 0) is 14.3 Å². The van der Waals surface area contributed by atoms with E-state index in [1.54, 1.807) is 0 Å². The highest BCUT2D eigenvalue weighted by Crippen LogP contribution is 2.30. The summed E-state index contributed by atoms with van der Waals surface area (Å²) in [5.74, 6) is -2.77. The Morgan fingerprint density at radius 2 is 2.13 bits per heavy atom. The molecule has 1 aromatic carbocycles. The van der Waals surface area contributed by atoms with E-state index >= 15 is 0 Å². The predicted octanol–water partition coefficient (Wildman–Crippen LogP) is 2.04. The van der Waals surface area contributed by atoms with E-state index in [-0.39, 0.29) is 17.0 Å². The number of halogens is 2. The Labute approximate surface area is 89.8 Å². The van der Waals surface area contributed by atoms with Crippen molar-refractivity contribution in [2.45, 2.75) is 12.3 Å². The summed E-state index contributed by atoms with van der Waals surface area (Å²) < 4.78 is 17.7. The largest absolute Gasteiger partial charge is 0.393 e. The highest BCUT2D eigenvalue weighted by molar-refractivity contribution is 6.30. The normalized spacial score (nSPS) is 20.5. The van der Waals surface area contributed by atoms with Crippen LogP contribution in [0.15, 0.2) is 18.2 Å². The van der Waals surface area contributed by atoms with Gasteiger partial charge in [0.25, 0.3) is 0 Å². The predicted molar refractivity (Wildman–Crippen MR) is 49.9 cm³/mol. The first-order chi connectivity index (χ1) is 7.08. The van der Waals surface area contributed by atoms with E-state index in [1.165, 1.54) is 12.1 Å². The first kappa shape index (κ1) is 10.1. The number of esters is 2. The summed E-state index contributed by atoms with van der Waals surface area (Å²) in [6, 6.07) is 3.96. The highest BCUT2D eigenvalue weighted by Gasteiger charge is 2.36. The molecule has 0 N–H and O–H groups in total. The SMILES string of the molecule is O=C1CC(c2ccc(Cl)cc2F)C(=O)O1. The van der Waals surface area contributed by atoms with Crippen molar-refractivity contribution >= 4 is 23.5 Å². The van der Waals surface area contributed by atoms with Crippen LogP contribution in [0.4, 0.5) is 4.39 Å². The molecular weight excluding hydrogens is 223 g/mol. The van der Waals surface area contributed by atoms with Crippen molar-refractivity contribution in [1.29, 1.82) is 0 Å². The molecule has 0 saturated carbocycles. The summed E-state index contributed by atoms with van der Waals surface area (Å²) in [5, 5.41) is 0.244. The number of hydrogen-bond acceptors (Lipinski definition) is 3. The molecule has 0 bridgehead atoms. The summed E-state index contributed by atoms with van der Waals surface area (Å²) in [5.41, 5.74) is 0.148. The Bertz CT molecular complexity index is 444. The molecule has 1 aromatic rings. The smallest absolute Gasteiger partial charge is 0.321 e. The molecule has 78 valence electrons. The number of benzene rings is 1. The molecule has 15 heavy (non-hydrogen) atoms. The van der Waals surface area contributed by atoms with Crippen molar-refractivity contribution < 1.29 is 18.7 Å². The Morgan fingerprint density at radius 1 is 1.40 bits per heavy atom. The van der Waals surface area contributed by atoms with Crippen LogP contribution in [0.1, 0.15) is 17.9 Å². The van der Waals surface area contributed by atoms with E-state index in [9.17, 15) is 14.0 Å². The topological polar surface area (TPSA) is 43.4 Å². The van der Waals surface area contributed by atoms with Gasteiger partial charge >= 0.3 is 11.9 Å². The fourth-order valence-corrected chi connectivity index (χ4v) is 1.65. The van der Waals surface area contributed by atoms with Crippen LogP contribution in [0.2, 0.25) is 5.02 Å². The minimum Gasteiger partial charge on any atom is -0.393 e. The van der Waals surface area contributed by atoms with Gasteiger partial charge in [0.15, 0.2) is 0 Å². The van der Waals surface area contributed by atoms with E-state index in [1.807, 2.05) is 0 Å². The van der Waals surface area contributed by atoms with Crippen LogP contribution in [0.25, 0.3) is 0 Å². The van der Waals surface area contributed by atoms with Crippen LogP contribution < -0.4 is 0 Å². The first-order valence-corrected chi connectivity index (χ1v) is 4.65. The second-order valence-corrected chi connectivity index (χ2v) is 3.65. The minimum atomic E-state index is -0.838. The first-order valence-electron chi connectivity index (χ1n) is 4.27. The lowest BCUT2D eigenvalue weighted by Gasteiger charge is -2.06. The standard InChI is InChI=1S/C10H6ClFO3/c11-5-1-2-6(8(12)3-5)7-4-9(13)15-10(7)14/h1-3,7H,4H2. The molecule has 1 saturated heterocycles. The maximum absolute atomic E-state index is 13.4. The van der Waals surface area contributed by atoms with Gasteiger partial charge in [0, 0.05) is 10.6 Å². The fraction of sp³-hybridized carbons (Fsp3) is 0.200. The van der Waals surface area contributed by atoms with E-state index in [4.69, 9.17) is 11.6 Å². The van der Waals surface area contributed by atoms with Gasteiger partial charge < -0.3 is 4.74 Å². The third-order valence-corrected chi connectivity index (χ3v) is 2.44. The molecule has 2 rings (SSSR count). The summed E-state index contributed by atoms with van der Waals surface area (Å²) in [6.07, 6.45) is -0.114. The maximum Gasteiger partial charge on any atom is 0.321 e. The zero-order valence-electron chi connectivity index (χ0n) is 7.50. The molecular formula is C10H6ClFO3. The monoisotopic (exact) mass is 228 g/mol. The van der Waals surface area contributed by atoms with Crippen molar-refractivity contribution in [3.63, 3.8) is 0 Å². The third kappa shape index (κ3) is 1.85. The molecule has 1 atom stereocenters. The number of carbonyl (C=O) groups excluding carboxylic acids is 2. The molecule has 1 heterocycles. The van der Waals surface area contributed by atoms with Crippen molar-refractivity contribution in [3.8, 4) is 0 Å². The average molecular weight is 229 g/mol. The lowest BCUT2D eigenvalue weighted by Crippen LogP contribution is -2.07. The molecule has 1 fully saturated rings. The van der Waals surface area contributed by atoms with Crippen LogP contribution in [0, 0.1) is 5.82 Å². The average Bonchev–Trinajstić information content (AvgIpc) is 2.45. The van der Waals surface area contributed by atoms with E-state index < -0.39 is 23.7 Å². The Morgan fingerprint density at radius 3 is 2.67 bits per heavy atom. The Kier molecular flexibility index (Phi) is 2.44. The van der Waals surface area contributed by atoms with Gasteiger partial charge in [0.1, 0.15) is 5.82 Å². The summed E-state index contributed by atoms with van der Waals surface area (Å²) >= 11 is 5.57. The number of carbonyl (C=O) groups is 2. The van der Waals surface area contributed by atoms with Crippen molar-refractivity contribution in [2.24, 2.45) is 0 Å². The summed E-state index contributed by atoms with van der Waals surface area (Å²) in [4.78, 5) is 22.0. The fourth-order valence-electron chi connectivity index (χ4n) is 1.50. The molecule has 0 radical (unpaired) electrons. The minimum absolute atomic E-state index is 0.114. The molecule has 5 heteroatoms. The zero-order chi connectivity index (χ0) is 11.0. The van der Waals surface area contributed by atoms with E-state index in [0.717, 1.165) is 6.07 Å². The summed E-state index contributed by atoms with van der Waals surface area (Å²) in [6.45, 7) is 0. The van der Waals surface area contributed by atoms with Crippen LogP contribution in [0.5, 0.6) is 0 Å². The van der Waals surface area contributed by atoms with Gasteiger partial charge in [-0.05, 0) is 12.1 Å². The van der Waals surface area contributed by atoms with Gasteiger partial charge in [0.05, 0.1) is 12.3 Å². The van der Waals surface area contributed by atoms with E-state index in [0.29, 0.717) is 0 Å². The second-order valence-electron chi connectivity index (χ2n) is 3.22. The Balaban J connectivity index is 2.38. The van der Waals surface area contributed by atoms with Crippen molar-refractivity contribution in [2.75, 3.05) is 0 Å². The third-order valence-electron chi connectivity index (χ3n) is 2.21. The number of cyclic esters (lactones) is 2. The quantitative estimate of drug-likeness (QED) is 0.546. The maximum atomic E-state index is 13.4. The number of ether oxygens (including phenoxy) is 1. The van der Waals surface area contributed by atoms with Crippen LogP contribution in [0.3, 0.4) is 0 Å². The molecule has 1 aliphatic rings. The highest BCUT2D eigenvalue weighted by atomic mass is 35.5. The van der Waals surface area contributed by atoms with Gasteiger partial charge in [-0.25, -0.2) is 4.39 Å². The van der Waals surface area contributed by atoms with Crippen molar-refractivity contribution in [1.82, 2.24) is 0 Å². The van der Waals surface area contributed by atoms with Gasteiger partial charge in [-0.3, -0.25) is 9.59 Å². The van der Waals surface area contributed by atoms with Gasteiger partial charge in [-0.2, -0.15) is 0 Å². The van der Waals surface area contributed by atoms with Gasteiger partial charge in [-0.15, -0.1) is 0 Å². The Hall–Kier alpha value is -1.42. The van der Waals surface area contributed by atoms with Crippen LogP contribution >= 0.6 is 11.6 Å². The molecule has 0 aliphatic carbocycles. The van der Waals surface area contributed by atoms with Crippen molar-refractivity contribution in [3.05, 3.63) is 34.6 Å². The number of hydrogen-bond donors (Lipinski definition) is 0. The van der Waals surface area contributed by atoms with Gasteiger partial charge in [0.2, 0.25) is 0 Å². The number of rotatable bonds is 1. The lowest BCUT2D eigenvalue weighted by atomic mass is 9.97. The van der Waals surface area contributed by atoms with E-state index in [2.05, 4.69) is 4.74 Å². The molecule has 0 spiro atoms.